The summed E-state index contributed by atoms with van der Waals surface area (Å²) in [7, 11) is -1.81. The van der Waals surface area contributed by atoms with Gasteiger partial charge in [0, 0.05) is 0 Å². The molecule has 29 heavy (non-hydrogen) atoms. The Bertz CT molecular complexity index is 949. The van der Waals surface area contributed by atoms with Crippen LogP contribution in [0.5, 0.6) is 0 Å². The first-order chi connectivity index (χ1) is 13.4. The minimum Gasteiger partial charge on any atom is -0.0758 e. The van der Waals surface area contributed by atoms with Crippen molar-refractivity contribution < 1.29 is 0 Å². The van der Waals surface area contributed by atoms with Crippen molar-refractivity contribution in [3.05, 3.63) is 70.8 Å². The Hall–Kier alpha value is -1.86. The van der Waals surface area contributed by atoms with E-state index in [1.165, 1.54) is 22.3 Å². The molecule has 0 amide bonds. The first-order valence-electron chi connectivity index (χ1n) is 11.1. The standard InChI is InChI=1S/C28H36Si/c1-27(2,3)23-17-15-21-19(23)11-9-13-25(21)29(7,8)26-14-10-12-20-22(26)16-18-24(20)28(4,5)6/h9-14,17-18H,15-16H2,1-8H3. The predicted molar refractivity (Wildman–Crippen MR) is 132 cm³/mol. The van der Waals surface area contributed by atoms with Gasteiger partial charge in [0.25, 0.3) is 0 Å². The number of rotatable bonds is 2. The lowest BCUT2D eigenvalue weighted by Gasteiger charge is -2.30. The van der Waals surface area contributed by atoms with Crippen molar-refractivity contribution in [1.82, 2.24) is 0 Å². The fourth-order valence-electron chi connectivity index (χ4n) is 5.48. The summed E-state index contributed by atoms with van der Waals surface area (Å²) >= 11 is 0. The third kappa shape index (κ3) is 3.28. The normalized spacial score (nSPS) is 16.4. The fraction of sp³-hybridized carbons (Fsp3) is 0.429. The molecule has 0 bridgehead atoms. The predicted octanol–water partition coefficient (Wildman–Crippen LogP) is 6.48. The van der Waals surface area contributed by atoms with Gasteiger partial charge in [-0.25, -0.2) is 0 Å². The second kappa shape index (κ2) is 6.57. The zero-order valence-electron chi connectivity index (χ0n) is 19.5. The lowest BCUT2D eigenvalue weighted by atomic mass is 9.83. The number of benzene rings is 2. The topological polar surface area (TPSA) is 0 Å². The Morgan fingerprint density at radius 3 is 1.34 bits per heavy atom. The molecule has 0 aromatic heterocycles. The van der Waals surface area contributed by atoms with Crippen LogP contribution in [0, 0.1) is 10.8 Å². The highest BCUT2D eigenvalue weighted by atomic mass is 28.3. The molecule has 2 aromatic carbocycles. The van der Waals surface area contributed by atoms with E-state index in [2.05, 4.69) is 103 Å². The highest BCUT2D eigenvalue weighted by Gasteiger charge is 2.36. The Balaban J connectivity index is 1.83. The van der Waals surface area contributed by atoms with Gasteiger partial charge in [0.2, 0.25) is 0 Å². The molecule has 0 aliphatic heterocycles. The van der Waals surface area contributed by atoms with Crippen molar-refractivity contribution in [2.75, 3.05) is 0 Å². The molecule has 0 fully saturated rings. The second-order valence-corrected chi connectivity index (χ2v) is 15.8. The first kappa shape index (κ1) is 20.4. The van der Waals surface area contributed by atoms with Crippen molar-refractivity contribution in [2.24, 2.45) is 10.8 Å². The molecule has 152 valence electrons. The molecule has 2 aliphatic carbocycles. The minimum atomic E-state index is -1.81. The quantitative estimate of drug-likeness (QED) is 0.506. The van der Waals surface area contributed by atoms with Crippen LogP contribution in [0.4, 0.5) is 0 Å². The van der Waals surface area contributed by atoms with E-state index in [0.717, 1.165) is 12.8 Å². The van der Waals surface area contributed by atoms with Gasteiger partial charge < -0.3 is 0 Å². The highest BCUT2D eigenvalue weighted by Crippen LogP contribution is 2.41. The molecular formula is C28H36Si. The maximum absolute atomic E-state index is 2.56. The molecule has 0 radical (unpaired) electrons. The molecule has 4 rings (SSSR count). The van der Waals surface area contributed by atoms with E-state index in [1.54, 1.807) is 21.5 Å². The molecule has 1 heteroatoms. The van der Waals surface area contributed by atoms with Crippen LogP contribution >= 0.6 is 0 Å². The molecule has 0 saturated heterocycles. The Kier molecular flexibility index (Phi) is 4.62. The summed E-state index contributed by atoms with van der Waals surface area (Å²) in [6.07, 6.45) is 7.14. The first-order valence-corrected chi connectivity index (χ1v) is 14.1. The molecule has 0 spiro atoms. The molecule has 2 aromatic rings. The number of hydrogen-bond acceptors (Lipinski definition) is 0. The Morgan fingerprint density at radius 2 is 1.00 bits per heavy atom. The van der Waals surface area contributed by atoms with Gasteiger partial charge in [0.15, 0.2) is 0 Å². The third-order valence-electron chi connectivity index (χ3n) is 6.92. The SMILES string of the molecule is CC(C)(C)C1=CCc2c1cccc2[Si](C)(C)c1cccc2c1CC=C2C(C)(C)C. The van der Waals surface area contributed by atoms with Crippen LogP contribution in [-0.2, 0) is 12.8 Å². The number of allylic oxidation sites excluding steroid dienone is 4. The molecular weight excluding hydrogens is 364 g/mol. The van der Waals surface area contributed by atoms with Crippen LogP contribution in [0.1, 0.15) is 63.8 Å². The maximum Gasteiger partial charge on any atom is 0.113 e. The van der Waals surface area contributed by atoms with Gasteiger partial charge in [-0.1, -0.05) is 114 Å². The van der Waals surface area contributed by atoms with Gasteiger partial charge in [0.1, 0.15) is 8.07 Å². The zero-order valence-corrected chi connectivity index (χ0v) is 20.5. The molecule has 0 heterocycles. The second-order valence-electron chi connectivity index (χ2n) is 11.4. The number of fused-ring (bicyclic) bond motifs is 2. The summed E-state index contributed by atoms with van der Waals surface area (Å²) in [5.41, 5.74) is 9.63. The molecule has 0 nitrogen and oxygen atoms in total. The molecule has 0 N–H and O–H groups in total. The van der Waals surface area contributed by atoms with Crippen LogP contribution in [0.2, 0.25) is 13.1 Å². The average molecular weight is 401 g/mol. The summed E-state index contributed by atoms with van der Waals surface area (Å²) in [4.78, 5) is 0. The largest absolute Gasteiger partial charge is 0.113 e. The van der Waals surface area contributed by atoms with E-state index >= 15 is 0 Å². The third-order valence-corrected chi connectivity index (χ3v) is 10.5. The minimum absolute atomic E-state index is 0.203. The zero-order chi connectivity index (χ0) is 21.2. The summed E-state index contributed by atoms with van der Waals surface area (Å²) < 4.78 is 0. The summed E-state index contributed by atoms with van der Waals surface area (Å²) in [6, 6.07) is 14.2. The van der Waals surface area contributed by atoms with E-state index in [4.69, 9.17) is 0 Å². The smallest absolute Gasteiger partial charge is 0.0758 e. The highest BCUT2D eigenvalue weighted by molar-refractivity contribution is 7.01. The van der Waals surface area contributed by atoms with Crippen molar-refractivity contribution in [3.63, 3.8) is 0 Å². The van der Waals surface area contributed by atoms with Crippen LogP contribution in [0.3, 0.4) is 0 Å². The van der Waals surface area contributed by atoms with Crippen molar-refractivity contribution >= 4 is 29.6 Å². The summed E-state index contributed by atoms with van der Waals surface area (Å²) in [5, 5.41) is 3.26. The maximum atomic E-state index is 2.56. The molecule has 0 saturated carbocycles. The van der Waals surface area contributed by atoms with Gasteiger partial charge >= 0.3 is 0 Å². The van der Waals surface area contributed by atoms with Crippen LogP contribution in [0.15, 0.2) is 48.6 Å². The fourth-order valence-corrected chi connectivity index (χ4v) is 8.78. The van der Waals surface area contributed by atoms with E-state index in [1.807, 2.05) is 0 Å². The summed E-state index contributed by atoms with van der Waals surface area (Å²) in [6.45, 7) is 19.2. The van der Waals surface area contributed by atoms with Gasteiger partial charge in [0.05, 0.1) is 0 Å². The van der Waals surface area contributed by atoms with Crippen molar-refractivity contribution in [3.8, 4) is 0 Å². The summed E-state index contributed by atoms with van der Waals surface area (Å²) in [5.74, 6) is 0. The van der Waals surface area contributed by atoms with E-state index in [-0.39, 0.29) is 10.8 Å². The average Bonchev–Trinajstić information content (AvgIpc) is 3.24. The Labute approximate surface area is 178 Å². The lowest BCUT2D eigenvalue weighted by molar-refractivity contribution is 0.567. The van der Waals surface area contributed by atoms with Crippen molar-refractivity contribution in [2.45, 2.75) is 67.5 Å². The van der Waals surface area contributed by atoms with Gasteiger partial charge in [-0.05, 0) is 57.1 Å². The van der Waals surface area contributed by atoms with E-state index < -0.39 is 8.07 Å². The number of hydrogen-bond donors (Lipinski definition) is 0. The van der Waals surface area contributed by atoms with Gasteiger partial charge in [-0.3, -0.25) is 0 Å². The van der Waals surface area contributed by atoms with Crippen LogP contribution < -0.4 is 10.4 Å². The van der Waals surface area contributed by atoms with E-state index in [0.29, 0.717) is 0 Å². The Morgan fingerprint density at radius 1 is 0.621 bits per heavy atom. The lowest BCUT2D eigenvalue weighted by Crippen LogP contribution is -2.55. The van der Waals surface area contributed by atoms with Crippen LogP contribution in [0.25, 0.3) is 11.1 Å². The molecule has 0 unspecified atom stereocenters. The van der Waals surface area contributed by atoms with Gasteiger partial charge in [-0.2, -0.15) is 0 Å². The van der Waals surface area contributed by atoms with E-state index in [9.17, 15) is 0 Å². The van der Waals surface area contributed by atoms with Gasteiger partial charge in [-0.15, -0.1) is 0 Å². The molecule has 2 aliphatic rings. The molecule has 0 atom stereocenters. The van der Waals surface area contributed by atoms with Crippen LogP contribution in [-0.4, -0.2) is 8.07 Å². The monoisotopic (exact) mass is 400 g/mol. The van der Waals surface area contributed by atoms with Crippen molar-refractivity contribution in [1.29, 1.82) is 0 Å².